The van der Waals surface area contributed by atoms with Crippen molar-refractivity contribution in [3.05, 3.63) is 60.5 Å². The third-order valence-corrected chi connectivity index (χ3v) is 5.69. The van der Waals surface area contributed by atoms with Gasteiger partial charge in [-0.05, 0) is 62.2 Å². The van der Waals surface area contributed by atoms with Crippen LogP contribution in [0.3, 0.4) is 0 Å². The highest BCUT2D eigenvalue weighted by Gasteiger charge is 2.16. The van der Waals surface area contributed by atoms with Gasteiger partial charge in [0.05, 0.1) is 12.3 Å². The third-order valence-electron chi connectivity index (χ3n) is 5.69. The van der Waals surface area contributed by atoms with E-state index < -0.39 is 5.82 Å². The molecule has 2 aromatic carbocycles. The number of nitrogens with zero attached hydrogens (tertiary/aromatic N) is 2. The number of rotatable bonds is 9. The number of ether oxygens (including phenoxy) is 2. The molecule has 2 heterocycles. The Morgan fingerprint density at radius 1 is 1.18 bits per heavy atom. The van der Waals surface area contributed by atoms with Gasteiger partial charge in [-0.1, -0.05) is 18.6 Å². The first kappa shape index (κ1) is 22.8. The zero-order valence-electron chi connectivity index (χ0n) is 18.7. The van der Waals surface area contributed by atoms with Crippen LogP contribution in [0.15, 0.2) is 54.7 Å². The van der Waals surface area contributed by atoms with Crippen molar-refractivity contribution in [1.82, 2.24) is 15.1 Å². The lowest BCUT2D eigenvalue weighted by atomic mass is 10.0. The zero-order chi connectivity index (χ0) is 23.0. The van der Waals surface area contributed by atoms with Crippen LogP contribution in [-0.4, -0.2) is 41.5 Å². The molecule has 1 unspecified atom stereocenters. The summed E-state index contributed by atoms with van der Waals surface area (Å²) >= 11 is 0. The first-order valence-corrected chi connectivity index (χ1v) is 11.3. The first-order valence-electron chi connectivity index (χ1n) is 11.3. The molecule has 1 aromatic heterocycles. The van der Waals surface area contributed by atoms with Crippen LogP contribution in [-0.2, 0) is 11.8 Å². The van der Waals surface area contributed by atoms with Crippen LogP contribution >= 0.6 is 0 Å². The maximum atomic E-state index is 13.7. The van der Waals surface area contributed by atoms with Crippen molar-refractivity contribution in [1.29, 1.82) is 0 Å². The lowest BCUT2D eigenvalue weighted by molar-refractivity contribution is -0.118. The number of hydrogen-bond donors (Lipinski definition) is 2. The number of piperidine rings is 1. The van der Waals surface area contributed by atoms with Gasteiger partial charge in [0.15, 0.2) is 18.2 Å². The molecule has 3 aromatic rings. The number of hydrogen-bond acceptors (Lipinski definition) is 5. The Labute approximate surface area is 192 Å². The summed E-state index contributed by atoms with van der Waals surface area (Å²) in [5.74, 6) is -0.116. The van der Waals surface area contributed by atoms with E-state index in [1.807, 2.05) is 25.2 Å². The van der Waals surface area contributed by atoms with Crippen molar-refractivity contribution < 1.29 is 18.7 Å². The number of benzene rings is 2. The molecule has 4 rings (SSSR count). The van der Waals surface area contributed by atoms with Crippen molar-refractivity contribution >= 4 is 11.6 Å². The van der Waals surface area contributed by atoms with E-state index >= 15 is 0 Å². The van der Waals surface area contributed by atoms with Gasteiger partial charge in [0.25, 0.3) is 5.91 Å². The van der Waals surface area contributed by atoms with Crippen LogP contribution in [0.4, 0.5) is 10.1 Å². The average Bonchev–Trinajstić information content (AvgIpc) is 3.25. The SMILES string of the molecule is Cn1nccc1-c1cc(NC(=O)COc2ccccc2F)ccc1OCCC1CCCCN1. The molecule has 0 saturated carbocycles. The lowest BCUT2D eigenvalue weighted by Crippen LogP contribution is -2.35. The van der Waals surface area contributed by atoms with Crippen LogP contribution < -0.4 is 20.1 Å². The number of amides is 1. The molecule has 0 bridgehead atoms. The number of halogens is 1. The maximum absolute atomic E-state index is 13.7. The molecule has 2 N–H and O–H groups in total. The van der Waals surface area contributed by atoms with Gasteiger partial charge in [-0.2, -0.15) is 5.10 Å². The standard InChI is InChI=1S/C25H29FN4O3/c1-30-22(11-14-28-30)20-16-19(29-25(31)17-33-24-8-3-2-7-21(24)26)9-10-23(20)32-15-12-18-6-4-5-13-27-18/h2-3,7-11,14,16,18,27H,4-6,12-13,15,17H2,1H3,(H,29,31). The van der Waals surface area contributed by atoms with Crippen LogP contribution in [0.25, 0.3) is 11.3 Å². The molecule has 7 nitrogen and oxygen atoms in total. The summed E-state index contributed by atoms with van der Waals surface area (Å²) in [7, 11) is 1.86. The number of aromatic nitrogens is 2. The largest absolute Gasteiger partial charge is 0.493 e. The highest BCUT2D eigenvalue weighted by Crippen LogP contribution is 2.32. The van der Waals surface area contributed by atoms with E-state index in [9.17, 15) is 9.18 Å². The second-order valence-corrected chi connectivity index (χ2v) is 8.10. The molecular weight excluding hydrogens is 423 g/mol. The molecule has 1 fully saturated rings. The first-order chi connectivity index (χ1) is 16.1. The molecule has 0 spiro atoms. The van der Waals surface area contributed by atoms with Gasteiger partial charge in [0.1, 0.15) is 5.75 Å². The molecule has 1 atom stereocenters. The molecule has 1 aliphatic heterocycles. The van der Waals surface area contributed by atoms with Crippen molar-refractivity contribution in [2.75, 3.05) is 25.1 Å². The van der Waals surface area contributed by atoms with Gasteiger partial charge >= 0.3 is 0 Å². The fraction of sp³-hybridized carbons (Fsp3) is 0.360. The minimum absolute atomic E-state index is 0.0411. The van der Waals surface area contributed by atoms with Crippen LogP contribution in [0.5, 0.6) is 11.5 Å². The van der Waals surface area contributed by atoms with Crippen LogP contribution in [0, 0.1) is 5.82 Å². The monoisotopic (exact) mass is 452 g/mol. The molecule has 8 heteroatoms. The van der Waals surface area contributed by atoms with Gasteiger partial charge in [0.2, 0.25) is 0 Å². The Balaban J connectivity index is 1.42. The van der Waals surface area contributed by atoms with E-state index in [1.54, 1.807) is 29.1 Å². The van der Waals surface area contributed by atoms with Gasteiger partial charge in [-0.3, -0.25) is 9.48 Å². The summed E-state index contributed by atoms with van der Waals surface area (Å²) in [6, 6.07) is 13.9. The Bertz CT molecular complexity index is 1080. The molecular formula is C25H29FN4O3. The number of carbonyl (C=O) groups is 1. The average molecular weight is 453 g/mol. The Morgan fingerprint density at radius 3 is 2.82 bits per heavy atom. The summed E-state index contributed by atoms with van der Waals surface area (Å²) < 4.78 is 26.9. The molecule has 1 aliphatic rings. The van der Waals surface area contributed by atoms with E-state index in [-0.39, 0.29) is 18.3 Å². The topological polar surface area (TPSA) is 77.4 Å². The summed E-state index contributed by atoms with van der Waals surface area (Å²) in [6.07, 6.45) is 6.33. The van der Waals surface area contributed by atoms with E-state index in [0.29, 0.717) is 18.3 Å². The number of para-hydroxylation sites is 1. The van der Waals surface area contributed by atoms with E-state index in [1.165, 1.54) is 31.4 Å². The van der Waals surface area contributed by atoms with Gasteiger partial charge in [0, 0.05) is 30.5 Å². The second-order valence-electron chi connectivity index (χ2n) is 8.10. The minimum atomic E-state index is -0.506. The highest BCUT2D eigenvalue weighted by atomic mass is 19.1. The fourth-order valence-electron chi connectivity index (χ4n) is 3.96. The van der Waals surface area contributed by atoms with Gasteiger partial charge < -0.3 is 20.1 Å². The van der Waals surface area contributed by atoms with Crippen LogP contribution in [0.1, 0.15) is 25.7 Å². The fourth-order valence-corrected chi connectivity index (χ4v) is 3.96. The predicted octanol–water partition coefficient (Wildman–Crippen LogP) is 4.15. The summed E-state index contributed by atoms with van der Waals surface area (Å²) in [6.45, 7) is 1.37. The van der Waals surface area contributed by atoms with E-state index in [0.717, 1.165) is 30.0 Å². The quantitative estimate of drug-likeness (QED) is 0.510. The Kier molecular flexibility index (Phi) is 7.57. The van der Waals surface area contributed by atoms with E-state index in [4.69, 9.17) is 9.47 Å². The summed E-state index contributed by atoms with van der Waals surface area (Å²) in [5, 5.41) is 10.6. The molecule has 174 valence electrons. The van der Waals surface area contributed by atoms with Crippen molar-refractivity contribution in [2.45, 2.75) is 31.7 Å². The molecule has 0 aliphatic carbocycles. The van der Waals surface area contributed by atoms with Crippen LogP contribution in [0.2, 0.25) is 0 Å². The zero-order valence-corrected chi connectivity index (χ0v) is 18.7. The highest BCUT2D eigenvalue weighted by molar-refractivity contribution is 5.93. The molecule has 1 saturated heterocycles. The van der Waals surface area contributed by atoms with Crippen molar-refractivity contribution in [2.24, 2.45) is 7.05 Å². The Hall–Kier alpha value is -3.39. The summed E-state index contributed by atoms with van der Waals surface area (Å²) in [4.78, 5) is 12.4. The molecule has 33 heavy (non-hydrogen) atoms. The number of carbonyl (C=O) groups excluding carboxylic acids is 1. The number of anilines is 1. The predicted molar refractivity (Wildman–Crippen MR) is 125 cm³/mol. The normalized spacial score (nSPS) is 15.8. The number of aryl methyl sites for hydroxylation is 1. The second kappa shape index (κ2) is 11.0. The van der Waals surface area contributed by atoms with Crippen molar-refractivity contribution in [3.63, 3.8) is 0 Å². The van der Waals surface area contributed by atoms with Gasteiger partial charge in [-0.25, -0.2) is 4.39 Å². The summed E-state index contributed by atoms with van der Waals surface area (Å²) in [5.41, 5.74) is 2.30. The van der Waals surface area contributed by atoms with Gasteiger partial charge in [-0.15, -0.1) is 0 Å². The lowest BCUT2D eigenvalue weighted by Gasteiger charge is -2.23. The third kappa shape index (κ3) is 6.10. The Morgan fingerprint density at radius 2 is 2.06 bits per heavy atom. The van der Waals surface area contributed by atoms with Crippen molar-refractivity contribution in [3.8, 4) is 22.8 Å². The minimum Gasteiger partial charge on any atom is -0.493 e. The smallest absolute Gasteiger partial charge is 0.262 e. The maximum Gasteiger partial charge on any atom is 0.262 e. The van der Waals surface area contributed by atoms with E-state index in [2.05, 4.69) is 15.7 Å². The number of nitrogens with one attached hydrogen (secondary N) is 2. The molecule has 0 radical (unpaired) electrons. The molecule has 1 amide bonds.